The summed E-state index contributed by atoms with van der Waals surface area (Å²) in [5.41, 5.74) is 1.25. The van der Waals surface area contributed by atoms with Crippen molar-refractivity contribution in [2.45, 2.75) is 45.8 Å². The number of methoxy groups -OCH3 is 2. The molecule has 3 heterocycles. The van der Waals surface area contributed by atoms with Gasteiger partial charge in [-0.1, -0.05) is 38.2 Å². The fourth-order valence-electron chi connectivity index (χ4n) is 4.17. The molecule has 0 spiro atoms. The third kappa shape index (κ3) is 9.51. The van der Waals surface area contributed by atoms with Crippen LogP contribution in [0.15, 0.2) is 23.6 Å². The average Bonchev–Trinajstić information content (AvgIpc) is 3.50. The molecule has 1 fully saturated rings. The quantitative estimate of drug-likeness (QED) is 0.157. The van der Waals surface area contributed by atoms with Gasteiger partial charge in [-0.2, -0.15) is 15.0 Å². The molecule has 2 N–H and O–H groups in total. The largest absolute Gasteiger partial charge is 0.492 e. The molecule has 1 aromatic carbocycles. The first-order chi connectivity index (χ1) is 21.9. The second-order valence-electron chi connectivity index (χ2n) is 12.3. The molecule has 1 amide bonds. The van der Waals surface area contributed by atoms with E-state index in [1.165, 1.54) is 25.6 Å². The van der Waals surface area contributed by atoms with Gasteiger partial charge in [0.2, 0.25) is 17.7 Å². The first kappa shape index (κ1) is 35.4. The number of morpholine rings is 1. The van der Waals surface area contributed by atoms with Crippen molar-refractivity contribution in [2.24, 2.45) is 0 Å². The van der Waals surface area contributed by atoms with Gasteiger partial charge in [-0.25, -0.2) is 0 Å². The number of hydrogen-bond donors (Lipinski definition) is 2. The van der Waals surface area contributed by atoms with Crippen molar-refractivity contribution in [1.82, 2.24) is 19.9 Å². The number of nitrogens with one attached hydrogen (secondary N) is 2. The number of carbonyl (C=O) groups is 1. The summed E-state index contributed by atoms with van der Waals surface area (Å²) in [6.07, 6.45) is 0. The minimum absolute atomic E-state index is 0.113. The summed E-state index contributed by atoms with van der Waals surface area (Å²) in [5.74, 6) is 1.37. The molecule has 0 radical (unpaired) electrons. The van der Waals surface area contributed by atoms with Crippen molar-refractivity contribution in [3.05, 3.63) is 34.8 Å². The molecule has 0 saturated carbocycles. The average molecular weight is 675 g/mol. The summed E-state index contributed by atoms with van der Waals surface area (Å²) < 4.78 is 34.6. The Morgan fingerprint density at radius 1 is 1.07 bits per heavy atom. The Morgan fingerprint density at radius 2 is 1.76 bits per heavy atom. The van der Waals surface area contributed by atoms with E-state index < -0.39 is 14.2 Å². The third-order valence-corrected chi connectivity index (χ3v) is 13.2. The van der Waals surface area contributed by atoms with Crippen LogP contribution in [0.1, 0.15) is 36.8 Å². The van der Waals surface area contributed by atoms with E-state index in [1.54, 1.807) is 5.38 Å². The molecule has 0 aliphatic carbocycles. The zero-order valence-corrected chi connectivity index (χ0v) is 29.8. The number of aryl methyl sites for hydroxylation is 1. The Bertz CT molecular complexity index is 1430. The number of rotatable bonds is 15. The normalized spacial score (nSPS) is 14.1. The fourth-order valence-corrected chi connectivity index (χ4v) is 5.87. The number of ether oxygens (including phenoxy) is 5. The van der Waals surface area contributed by atoms with Crippen LogP contribution in [-0.2, 0) is 9.16 Å². The maximum atomic E-state index is 13.2. The van der Waals surface area contributed by atoms with Gasteiger partial charge in [-0.05, 0) is 36.7 Å². The van der Waals surface area contributed by atoms with E-state index in [2.05, 4.69) is 64.4 Å². The van der Waals surface area contributed by atoms with Crippen molar-refractivity contribution in [2.75, 3.05) is 77.5 Å². The molecule has 3 aromatic rings. The lowest BCUT2D eigenvalue weighted by atomic mass is 10.2. The number of aromatic nitrogens is 3. The second-order valence-corrected chi connectivity index (χ2v) is 17.9. The summed E-state index contributed by atoms with van der Waals surface area (Å²) in [5, 5.41) is 7.96. The van der Waals surface area contributed by atoms with Gasteiger partial charge in [0.15, 0.2) is 14.0 Å². The minimum Gasteiger partial charge on any atom is -0.492 e. The summed E-state index contributed by atoms with van der Waals surface area (Å²) in [4.78, 5) is 28.7. The standard InChI is InChI=1S/C31H46N6O7SSi/c1-21-9-10-22(42-18-14-37-12-16-41-17-13-37)19-24(21)44-30-33-23(20-45-30)26(38)34-25-27(39-5)35-29(36-28(25)40-6)32-11-15-43-46(7,8)31(2,3)4/h9-10,19-20H,11-18H2,1-8H3,(H,34,38)(H,32,35,36). The number of anilines is 2. The lowest BCUT2D eigenvalue weighted by Crippen LogP contribution is -2.41. The van der Waals surface area contributed by atoms with Crippen LogP contribution in [0.2, 0.25) is 18.1 Å². The molecular weight excluding hydrogens is 629 g/mol. The van der Waals surface area contributed by atoms with Crippen LogP contribution < -0.4 is 29.6 Å². The van der Waals surface area contributed by atoms with E-state index in [4.69, 9.17) is 28.1 Å². The molecule has 0 unspecified atom stereocenters. The van der Waals surface area contributed by atoms with Gasteiger partial charge >= 0.3 is 0 Å². The van der Waals surface area contributed by atoms with Crippen molar-refractivity contribution in [3.8, 4) is 28.5 Å². The van der Waals surface area contributed by atoms with Gasteiger partial charge in [-0.3, -0.25) is 9.69 Å². The van der Waals surface area contributed by atoms with Crippen LogP contribution in [0.25, 0.3) is 0 Å². The van der Waals surface area contributed by atoms with E-state index in [0.717, 1.165) is 38.4 Å². The lowest BCUT2D eigenvalue weighted by Gasteiger charge is -2.36. The van der Waals surface area contributed by atoms with Crippen molar-refractivity contribution in [3.63, 3.8) is 0 Å². The Kier molecular flexibility index (Phi) is 12.2. The highest BCUT2D eigenvalue weighted by molar-refractivity contribution is 7.11. The fraction of sp³-hybridized carbons (Fsp3) is 0.548. The molecule has 252 valence electrons. The first-order valence-electron chi connectivity index (χ1n) is 15.3. The highest BCUT2D eigenvalue weighted by atomic mass is 32.1. The molecule has 2 aromatic heterocycles. The molecule has 1 aliphatic rings. The second kappa shape index (κ2) is 15.9. The van der Waals surface area contributed by atoms with Crippen molar-refractivity contribution >= 4 is 37.2 Å². The zero-order chi connectivity index (χ0) is 33.3. The number of amides is 1. The summed E-state index contributed by atoms with van der Waals surface area (Å²) in [6.45, 7) is 18.6. The molecule has 1 saturated heterocycles. The molecule has 46 heavy (non-hydrogen) atoms. The predicted molar refractivity (Wildman–Crippen MR) is 181 cm³/mol. The Hall–Kier alpha value is -3.50. The predicted octanol–water partition coefficient (Wildman–Crippen LogP) is 5.45. The van der Waals surface area contributed by atoms with Gasteiger partial charge in [-0.15, -0.1) is 0 Å². The summed E-state index contributed by atoms with van der Waals surface area (Å²) in [7, 11) is 1.04. The zero-order valence-electron chi connectivity index (χ0n) is 28.0. The highest BCUT2D eigenvalue weighted by Gasteiger charge is 2.36. The SMILES string of the molecule is COc1nc(NCCO[Si](C)(C)C(C)(C)C)nc(OC)c1NC(=O)c1csc(Oc2cc(OCCN3CCOCC3)ccc2C)n1. The Labute approximate surface area is 276 Å². The Balaban J connectivity index is 1.36. The van der Waals surface area contributed by atoms with Crippen molar-refractivity contribution in [1.29, 1.82) is 0 Å². The van der Waals surface area contributed by atoms with Crippen molar-refractivity contribution < 1.29 is 32.9 Å². The minimum atomic E-state index is -1.88. The van der Waals surface area contributed by atoms with Gasteiger partial charge in [0.1, 0.15) is 23.8 Å². The van der Waals surface area contributed by atoms with Gasteiger partial charge in [0.05, 0.1) is 34.0 Å². The number of benzene rings is 1. The first-order valence-corrected chi connectivity index (χ1v) is 19.0. The van der Waals surface area contributed by atoms with E-state index >= 15 is 0 Å². The molecule has 0 bridgehead atoms. The van der Waals surface area contributed by atoms with E-state index in [9.17, 15) is 4.79 Å². The van der Waals surface area contributed by atoms with E-state index in [-0.39, 0.29) is 34.1 Å². The van der Waals surface area contributed by atoms with Gasteiger partial charge in [0.25, 0.3) is 11.1 Å². The molecule has 0 atom stereocenters. The lowest BCUT2D eigenvalue weighted by molar-refractivity contribution is 0.0322. The smallest absolute Gasteiger partial charge is 0.279 e. The van der Waals surface area contributed by atoms with Crippen LogP contribution in [0.3, 0.4) is 0 Å². The maximum absolute atomic E-state index is 13.2. The number of hydrogen-bond acceptors (Lipinski definition) is 13. The molecule has 13 nitrogen and oxygen atoms in total. The number of nitrogens with zero attached hydrogens (tertiary/aromatic N) is 4. The number of thiazole rings is 1. The summed E-state index contributed by atoms with van der Waals surface area (Å²) >= 11 is 1.20. The topological polar surface area (TPSA) is 138 Å². The van der Waals surface area contributed by atoms with Crippen LogP contribution in [0.4, 0.5) is 11.6 Å². The number of carbonyl (C=O) groups excluding carboxylic acids is 1. The third-order valence-electron chi connectivity index (χ3n) is 7.97. The van der Waals surface area contributed by atoms with Crippen LogP contribution in [0.5, 0.6) is 28.5 Å². The molecule has 4 rings (SSSR count). The summed E-state index contributed by atoms with van der Waals surface area (Å²) in [6, 6.07) is 5.67. The highest BCUT2D eigenvalue weighted by Crippen LogP contribution is 2.37. The van der Waals surface area contributed by atoms with E-state index in [0.29, 0.717) is 36.5 Å². The Morgan fingerprint density at radius 3 is 2.41 bits per heavy atom. The van der Waals surface area contributed by atoms with E-state index in [1.807, 2.05) is 25.1 Å². The van der Waals surface area contributed by atoms with Gasteiger partial charge in [0, 0.05) is 37.6 Å². The monoisotopic (exact) mass is 674 g/mol. The van der Waals surface area contributed by atoms with Crippen LogP contribution >= 0.6 is 11.3 Å². The molecule has 15 heteroatoms. The van der Waals surface area contributed by atoms with Crippen LogP contribution in [0, 0.1) is 6.92 Å². The van der Waals surface area contributed by atoms with Crippen LogP contribution in [-0.4, -0.2) is 101 Å². The maximum Gasteiger partial charge on any atom is 0.279 e. The molecule has 1 aliphatic heterocycles. The molecular formula is C31H46N6O7SSi. The van der Waals surface area contributed by atoms with Gasteiger partial charge < -0.3 is 38.7 Å².